The van der Waals surface area contributed by atoms with E-state index in [1.165, 1.54) is 19.2 Å². The minimum atomic E-state index is -0.605. The maximum absolute atomic E-state index is 11.2. The lowest BCUT2D eigenvalue weighted by Gasteiger charge is -2.12. The smallest absolute Gasteiger partial charge is 0.278 e. The van der Waals surface area contributed by atoms with Gasteiger partial charge in [-0.15, -0.1) is 0 Å². The summed E-state index contributed by atoms with van der Waals surface area (Å²) in [5.74, 6) is 0.270. The molecule has 4 N–H and O–H groups in total. The molecular weight excluding hydrogens is 294 g/mol. The third-order valence-electron chi connectivity index (χ3n) is 2.84. The van der Waals surface area contributed by atoms with Crippen molar-refractivity contribution in [3.05, 3.63) is 27.8 Å². The molecule has 9 nitrogen and oxygen atoms in total. The van der Waals surface area contributed by atoms with Gasteiger partial charge in [0.2, 0.25) is 5.91 Å². The number of methoxy groups -OCH3 is 1. The SMILES string of the molecule is COc1cc(CO)c([N+](=O)[O-])cc1OCCCC(=O)NCN. The lowest BCUT2D eigenvalue weighted by molar-refractivity contribution is -0.385. The number of amides is 1. The first-order valence-corrected chi connectivity index (χ1v) is 6.59. The van der Waals surface area contributed by atoms with Gasteiger partial charge >= 0.3 is 0 Å². The molecule has 0 saturated heterocycles. The fourth-order valence-electron chi connectivity index (χ4n) is 1.78. The van der Waals surface area contributed by atoms with Gasteiger partial charge in [-0.2, -0.15) is 0 Å². The van der Waals surface area contributed by atoms with E-state index in [2.05, 4.69) is 5.32 Å². The average Bonchev–Trinajstić information content (AvgIpc) is 2.50. The Morgan fingerprint density at radius 3 is 2.73 bits per heavy atom. The van der Waals surface area contributed by atoms with E-state index in [1.807, 2.05) is 0 Å². The number of hydrogen-bond donors (Lipinski definition) is 3. The highest BCUT2D eigenvalue weighted by atomic mass is 16.6. The molecule has 0 fully saturated rings. The number of ether oxygens (including phenoxy) is 2. The predicted octanol–water partition coefficient (Wildman–Crippen LogP) is 0.287. The molecule has 122 valence electrons. The monoisotopic (exact) mass is 313 g/mol. The van der Waals surface area contributed by atoms with Crippen molar-refractivity contribution in [2.75, 3.05) is 20.4 Å². The number of nitrogens with zero attached hydrogens (tertiary/aromatic N) is 1. The number of aliphatic hydroxyl groups is 1. The Bertz CT molecular complexity index is 535. The summed E-state index contributed by atoms with van der Waals surface area (Å²) in [5.41, 5.74) is 5.06. The summed E-state index contributed by atoms with van der Waals surface area (Å²) in [7, 11) is 1.39. The number of nitro groups is 1. The third-order valence-corrected chi connectivity index (χ3v) is 2.84. The molecular formula is C13H19N3O6. The Labute approximate surface area is 127 Å². The second kappa shape index (κ2) is 8.80. The fraction of sp³-hybridized carbons (Fsp3) is 0.462. The number of nitrogens with one attached hydrogen (secondary N) is 1. The van der Waals surface area contributed by atoms with Crippen LogP contribution < -0.4 is 20.5 Å². The second-order valence-electron chi connectivity index (χ2n) is 4.30. The van der Waals surface area contributed by atoms with Crippen molar-refractivity contribution in [3.8, 4) is 11.5 Å². The Morgan fingerprint density at radius 1 is 1.45 bits per heavy atom. The maximum Gasteiger partial charge on any atom is 0.278 e. The van der Waals surface area contributed by atoms with Crippen LogP contribution in [0.15, 0.2) is 12.1 Å². The highest BCUT2D eigenvalue weighted by Crippen LogP contribution is 2.34. The number of nitrogens with two attached hydrogens (primary N) is 1. The predicted molar refractivity (Wildman–Crippen MR) is 77.5 cm³/mol. The van der Waals surface area contributed by atoms with Crippen LogP contribution in [-0.2, 0) is 11.4 Å². The molecule has 0 aromatic heterocycles. The van der Waals surface area contributed by atoms with Crippen molar-refractivity contribution >= 4 is 11.6 Å². The number of aliphatic hydroxyl groups excluding tert-OH is 1. The van der Waals surface area contributed by atoms with E-state index < -0.39 is 11.5 Å². The zero-order valence-electron chi connectivity index (χ0n) is 12.2. The van der Waals surface area contributed by atoms with Gasteiger partial charge in [-0.3, -0.25) is 14.9 Å². The lowest BCUT2D eigenvalue weighted by Crippen LogP contribution is -2.29. The number of carbonyl (C=O) groups excluding carboxylic acids is 1. The number of rotatable bonds is 9. The van der Waals surface area contributed by atoms with Crippen LogP contribution in [0.25, 0.3) is 0 Å². The highest BCUT2D eigenvalue weighted by Gasteiger charge is 2.19. The summed E-state index contributed by atoms with van der Waals surface area (Å²) < 4.78 is 10.5. The largest absolute Gasteiger partial charge is 0.493 e. The molecule has 0 saturated carbocycles. The fourth-order valence-corrected chi connectivity index (χ4v) is 1.78. The molecule has 0 aliphatic rings. The Balaban J connectivity index is 2.74. The van der Waals surface area contributed by atoms with Gasteiger partial charge in [0.15, 0.2) is 11.5 Å². The number of nitro benzene ring substituents is 1. The quantitative estimate of drug-likeness (QED) is 0.258. The highest BCUT2D eigenvalue weighted by molar-refractivity contribution is 5.75. The Hall–Kier alpha value is -2.39. The molecule has 9 heteroatoms. The summed E-state index contributed by atoms with van der Waals surface area (Å²) in [6.45, 7) is -0.224. The van der Waals surface area contributed by atoms with Gasteiger partial charge in [0.1, 0.15) is 0 Å². The van der Waals surface area contributed by atoms with Crippen LogP contribution in [0.3, 0.4) is 0 Å². The zero-order valence-corrected chi connectivity index (χ0v) is 12.2. The standard InChI is InChI=1S/C13H19N3O6/c1-21-11-5-9(7-17)10(16(19)20)6-12(11)22-4-2-3-13(18)15-8-14/h5-6,17H,2-4,7-8,14H2,1H3,(H,15,18). The summed E-state index contributed by atoms with van der Waals surface area (Å²) in [6, 6.07) is 2.55. The van der Waals surface area contributed by atoms with E-state index in [4.69, 9.17) is 20.3 Å². The Morgan fingerprint density at radius 2 is 2.18 bits per heavy atom. The first-order valence-electron chi connectivity index (χ1n) is 6.59. The molecule has 1 amide bonds. The van der Waals surface area contributed by atoms with Gasteiger partial charge in [-0.1, -0.05) is 0 Å². The summed E-state index contributed by atoms with van der Waals surface area (Å²) in [5, 5.41) is 22.6. The summed E-state index contributed by atoms with van der Waals surface area (Å²) in [4.78, 5) is 21.6. The van der Waals surface area contributed by atoms with Gasteiger partial charge in [0.25, 0.3) is 5.69 Å². The minimum absolute atomic E-state index is 0.0718. The molecule has 0 radical (unpaired) electrons. The van der Waals surface area contributed by atoms with E-state index in [9.17, 15) is 14.9 Å². The van der Waals surface area contributed by atoms with Crippen molar-refractivity contribution in [1.82, 2.24) is 5.32 Å². The van der Waals surface area contributed by atoms with Crippen molar-refractivity contribution < 1.29 is 24.3 Å². The van der Waals surface area contributed by atoms with Gasteiger partial charge in [0, 0.05) is 6.42 Å². The molecule has 1 rings (SSSR count). The molecule has 1 aromatic carbocycles. The van der Waals surface area contributed by atoms with Crippen LogP contribution in [0.4, 0.5) is 5.69 Å². The first-order chi connectivity index (χ1) is 10.5. The molecule has 0 aliphatic heterocycles. The van der Waals surface area contributed by atoms with Gasteiger partial charge < -0.3 is 25.6 Å². The average molecular weight is 313 g/mol. The topological polar surface area (TPSA) is 137 Å². The number of hydrogen-bond acceptors (Lipinski definition) is 7. The number of benzene rings is 1. The zero-order chi connectivity index (χ0) is 16.5. The molecule has 22 heavy (non-hydrogen) atoms. The van der Waals surface area contributed by atoms with Gasteiger partial charge in [-0.05, 0) is 12.5 Å². The molecule has 0 heterocycles. The Kier molecular flexibility index (Phi) is 7.06. The number of carbonyl (C=O) groups is 1. The summed E-state index contributed by atoms with van der Waals surface area (Å²) in [6.07, 6.45) is 0.654. The molecule has 1 aromatic rings. The van der Waals surface area contributed by atoms with Crippen LogP contribution in [0.2, 0.25) is 0 Å². The normalized spacial score (nSPS) is 10.1. The second-order valence-corrected chi connectivity index (χ2v) is 4.30. The van der Waals surface area contributed by atoms with E-state index in [-0.39, 0.29) is 48.4 Å². The van der Waals surface area contributed by atoms with E-state index in [1.54, 1.807) is 0 Å². The summed E-state index contributed by atoms with van der Waals surface area (Å²) >= 11 is 0. The van der Waals surface area contributed by atoms with Crippen LogP contribution in [0.1, 0.15) is 18.4 Å². The first kappa shape index (κ1) is 17.7. The van der Waals surface area contributed by atoms with Crippen LogP contribution in [0.5, 0.6) is 11.5 Å². The van der Waals surface area contributed by atoms with Crippen LogP contribution in [-0.4, -0.2) is 36.3 Å². The minimum Gasteiger partial charge on any atom is -0.493 e. The van der Waals surface area contributed by atoms with Gasteiger partial charge in [-0.25, -0.2) is 0 Å². The van der Waals surface area contributed by atoms with E-state index in [0.29, 0.717) is 6.42 Å². The molecule has 0 bridgehead atoms. The van der Waals surface area contributed by atoms with E-state index >= 15 is 0 Å². The van der Waals surface area contributed by atoms with E-state index in [0.717, 1.165) is 0 Å². The maximum atomic E-state index is 11.2. The molecule has 0 aliphatic carbocycles. The molecule has 0 atom stereocenters. The van der Waals surface area contributed by atoms with Gasteiger partial charge in [0.05, 0.1) is 43.5 Å². The van der Waals surface area contributed by atoms with Crippen LogP contribution >= 0.6 is 0 Å². The molecule has 0 spiro atoms. The third kappa shape index (κ3) is 4.86. The lowest BCUT2D eigenvalue weighted by atomic mass is 10.1. The van der Waals surface area contributed by atoms with Crippen molar-refractivity contribution in [1.29, 1.82) is 0 Å². The van der Waals surface area contributed by atoms with Crippen molar-refractivity contribution in [2.24, 2.45) is 5.73 Å². The van der Waals surface area contributed by atoms with Crippen molar-refractivity contribution in [3.63, 3.8) is 0 Å². The van der Waals surface area contributed by atoms with Crippen molar-refractivity contribution in [2.45, 2.75) is 19.4 Å². The van der Waals surface area contributed by atoms with Crippen LogP contribution in [0, 0.1) is 10.1 Å². The molecule has 0 unspecified atom stereocenters.